The van der Waals surface area contributed by atoms with E-state index in [1.807, 2.05) is 32.2 Å². The van der Waals surface area contributed by atoms with Gasteiger partial charge < -0.3 is 23.4 Å². The molecule has 1 aromatic carbocycles. The number of ether oxygens (including phenoxy) is 4. The van der Waals surface area contributed by atoms with Crippen LogP contribution in [0.5, 0.6) is 5.75 Å². The molecule has 43 heavy (non-hydrogen) atoms. The molecule has 5 fully saturated rings. The van der Waals surface area contributed by atoms with Gasteiger partial charge in [0.1, 0.15) is 12.3 Å². The van der Waals surface area contributed by atoms with E-state index in [-0.39, 0.29) is 30.4 Å². The van der Waals surface area contributed by atoms with Crippen LogP contribution in [0.3, 0.4) is 0 Å². The van der Waals surface area contributed by atoms with E-state index in [2.05, 4.69) is 24.2 Å². The molecule has 3 aromatic rings. The molecule has 5 aliphatic rings. The van der Waals surface area contributed by atoms with Crippen molar-refractivity contribution in [1.82, 2.24) is 15.0 Å². The fraction of sp³-hybridized carbons (Fsp3) is 0.656. The fourth-order valence-corrected chi connectivity index (χ4v) is 7.71. The number of hydrogen-bond acceptors (Lipinski definition) is 10. The first kappa shape index (κ1) is 28.9. The van der Waals surface area contributed by atoms with Crippen LogP contribution in [0.4, 0.5) is 0 Å². The van der Waals surface area contributed by atoms with Crippen molar-refractivity contribution >= 4 is 11.0 Å². The Balaban J connectivity index is 0.947. The van der Waals surface area contributed by atoms with Crippen LogP contribution in [0.2, 0.25) is 0 Å². The Labute approximate surface area is 250 Å². The second-order valence-corrected chi connectivity index (χ2v) is 13.0. The van der Waals surface area contributed by atoms with Gasteiger partial charge in [-0.1, -0.05) is 31.2 Å². The largest absolute Gasteiger partial charge is 0.483 e. The summed E-state index contributed by atoms with van der Waals surface area (Å²) in [5, 5.41) is 9.36. The van der Waals surface area contributed by atoms with Gasteiger partial charge in [0.25, 0.3) is 0 Å². The fourth-order valence-electron chi connectivity index (χ4n) is 7.71. The van der Waals surface area contributed by atoms with Crippen molar-refractivity contribution in [1.29, 1.82) is 0 Å². The quantitative estimate of drug-likeness (QED) is 0.196. The second-order valence-electron chi connectivity index (χ2n) is 13.0. The van der Waals surface area contributed by atoms with Gasteiger partial charge in [0.05, 0.1) is 12.8 Å². The molecule has 4 saturated heterocycles. The Bertz CT molecular complexity index is 1560. The molecule has 4 aliphatic heterocycles. The van der Waals surface area contributed by atoms with E-state index in [1.165, 1.54) is 0 Å². The van der Waals surface area contributed by atoms with Crippen LogP contribution in [0.15, 0.2) is 33.6 Å². The maximum Gasteiger partial charge on any atom is 0.339 e. The lowest BCUT2D eigenvalue weighted by Gasteiger charge is -2.60. The van der Waals surface area contributed by atoms with E-state index in [0.717, 1.165) is 43.1 Å². The topological polar surface area (TPSA) is 116 Å². The summed E-state index contributed by atoms with van der Waals surface area (Å²) in [4.78, 5) is 24.3. The van der Waals surface area contributed by atoms with Crippen molar-refractivity contribution in [2.45, 2.75) is 104 Å². The normalized spacial score (nSPS) is 35.1. The highest BCUT2D eigenvalue weighted by molar-refractivity contribution is 5.85. The van der Waals surface area contributed by atoms with Crippen molar-refractivity contribution in [2.75, 3.05) is 6.61 Å². The predicted molar refractivity (Wildman–Crippen MR) is 154 cm³/mol. The molecule has 0 N–H and O–H groups in total. The number of rotatable bonds is 8. The lowest BCUT2D eigenvalue weighted by Crippen LogP contribution is -2.70. The van der Waals surface area contributed by atoms with Gasteiger partial charge in [-0.3, -0.25) is 4.68 Å². The molecule has 1 saturated carbocycles. The standard InChI is InChI=1S/C32H41N3O8/c1-18-10-11-25-21(4)29(40-30-32(25)24(18)12-13-31(5,41-30)42-43-32)37-15-7-14-35-16-22(33-34-35)17-38-26-9-6-8-23-19(2)20(3)28(36)39-27(23)26/h6,8-9,16,18,21,24-25,29-30H,7,10-15,17H2,1-5H3/t18-,21-,24+,25+,29-,30-,31-,32-/m1/s1. The molecule has 11 heteroatoms. The molecular weight excluding hydrogens is 554 g/mol. The number of hydrogen-bond donors (Lipinski definition) is 0. The zero-order valence-corrected chi connectivity index (χ0v) is 25.5. The molecule has 11 nitrogen and oxygen atoms in total. The summed E-state index contributed by atoms with van der Waals surface area (Å²) in [5.74, 6) is 0.944. The third-order valence-corrected chi connectivity index (χ3v) is 10.3. The van der Waals surface area contributed by atoms with Gasteiger partial charge in [0.15, 0.2) is 29.5 Å². The average molecular weight is 596 g/mol. The van der Waals surface area contributed by atoms with E-state index in [1.54, 1.807) is 17.7 Å². The summed E-state index contributed by atoms with van der Waals surface area (Å²) in [5.41, 5.74) is 1.67. The highest BCUT2D eigenvalue weighted by Gasteiger charge is 2.69. The molecule has 0 radical (unpaired) electrons. The van der Waals surface area contributed by atoms with Crippen LogP contribution in [0.25, 0.3) is 11.0 Å². The van der Waals surface area contributed by atoms with E-state index < -0.39 is 17.7 Å². The average Bonchev–Trinajstić information content (AvgIpc) is 3.33. The van der Waals surface area contributed by atoms with Crippen LogP contribution >= 0.6 is 0 Å². The van der Waals surface area contributed by atoms with Gasteiger partial charge in [-0.05, 0) is 69.9 Å². The highest BCUT2D eigenvalue weighted by Crippen LogP contribution is 2.60. The Hall–Kier alpha value is -2.83. The zero-order chi connectivity index (χ0) is 29.9. The van der Waals surface area contributed by atoms with Crippen molar-refractivity contribution in [3.63, 3.8) is 0 Å². The molecule has 6 heterocycles. The van der Waals surface area contributed by atoms with Crippen LogP contribution in [-0.2, 0) is 37.1 Å². The van der Waals surface area contributed by atoms with E-state index >= 15 is 0 Å². The van der Waals surface area contributed by atoms with Gasteiger partial charge in [-0.15, -0.1) is 5.10 Å². The molecule has 0 unspecified atom stereocenters. The van der Waals surface area contributed by atoms with Crippen LogP contribution in [-0.4, -0.2) is 45.6 Å². The predicted octanol–water partition coefficient (Wildman–Crippen LogP) is 5.20. The summed E-state index contributed by atoms with van der Waals surface area (Å²) in [6.45, 7) is 11.5. The minimum atomic E-state index is -0.795. The Morgan fingerprint density at radius 3 is 2.81 bits per heavy atom. The Morgan fingerprint density at radius 1 is 1.09 bits per heavy atom. The number of fused-ring (bicyclic) bond motifs is 3. The minimum absolute atomic E-state index is 0.141. The van der Waals surface area contributed by atoms with Crippen LogP contribution in [0.1, 0.15) is 69.7 Å². The molecule has 8 rings (SSSR count). The van der Waals surface area contributed by atoms with E-state index in [4.69, 9.17) is 33.1 Å². The number of aryl methyl sites for hydroxylation is 2. The summed E-state index contributed by atoms with van der Waals surface area (Å²) in [6, 6.07) is 5.60. The minimum Gasteiger partial charge on any atom is -0.483 e. The smallest absolute Gasteiger partial charge is 0.339 e. The van der Waals surface area contributed by atoms with Crippen molar-refractivity contribution in [3.05, 3.63) is 51.6 Å². The highest BCUT2D eigenvalue weighted by atomic mass is 17.3. The van der Waals surface area contributed by atoms with Gasteiger partial charge in [0, 0.05) is 35.8 Å². The molecule has 8 atom stereocenters. The Morgan fingerprint density at radius 2 is 1.95 bits per heavy atom. The number of para-hydroxylation sites is 1. The first-order valence-corrected chi connectivity index (χ1v) is 15.5. The number of aromatic nitrogens is 3. The monoisotopic (exact) mass is 595 g/mol. The van der Waals surface area contributed by atoms with Crippen molar-refractivity contribution in [2.24, 2.45) is 23.7 Å². The van der Waals surface area contributed by atoms with Crippen molar-refractivity contribution in [3.8, 4) is 5.75 Å². The molecule has 1 spiro atoms. The van der Waals surface area contributed by atoms with Gasteiger partial charge in [0.2, 0.25) is 5.79 Å². The second kappa shape index (κ2) is 11.0. The molecule has 2 bridgehead atoms. The maximum atomic E-state index is 12.2. The van der Waals surface area contributed by atoms with Crippen LogP contribution in [0, 0.1) is 37.5 Å². The van der Waals surface area contributed by atoms with Crippen LogP contribution < -0.4 is 10.4 Å². The van der Waals surface area contributed by atoms with Gasteiger partial charge in [-0.25, -0.2) is 14.6 Å². The Kier molecular flexibility index (Phi) is 7.37. The van der Waals surface area contributed by atoms with E-state index in [0.29, 0.717) is 47.6 Å². The molecule has 2 aromatic heterocycles. The van der Waals surface area contributed by atoms with Crippen molar-refractivity contribution < 1.29 is 33.1 Å². The number of benzene rings is 1. The molecule has 0 amide bonds. The molecule has 232 valence electrons. The van der Waals surface area contributed by atoms with Gasteiger partial charge >= 0.3 is 5.63 Å². The number of nitrogens with zero attached hydrogens (tertiary/aromatic N) is 3. The first-order valence-electron chi connectivity index (χ1n) is 15.5. The third kappa shape index (κ3) is 4.89. The molecular formula is C32H41N3O8. The summed E-state index contributed by atoms with van der Waals surface area (Å²) in [7, 11) is 0. The summed E-state index contributed by atoms with van der Waals surface area (Å²) >= 11 is 0. The lowest BCUT2D eigenvalue weighted by molar-refractivity contribution is -0.577. The zero-order valence-electron chi connectivity index (χ0n) is 25.5. The molecule has 1 aliphatic carbocycles. The third-order valence-electron chi connectivity index (χ3n) is 10.3. The van der Waals surface area contributed by atoms with Gasteiger partial charge in [-0.2, -0.15) is 0 Å². The maximum absolute atomic E-state index is 12.2. The lowest BCUT2D eigenvalue weighted by atomic mass is 9.58. The summed E-state index contributed by atoms with van der Waals surface area (Å²) in [6.07, 6.45) is 5.71. The van der Waals surface area contributed by atoms with E-state index in [9.17, 15) is 4.79 Å². The first-order chi connectivity index (χ1) is 20.7. The SMILES string of the molecule is Cc1c(C)c2cccc(OCc3cn(CCCO[C@@H]4O[C@@H]5O[C@@]6(C)CC[C@H]7[C@H](C)CC[C@@H]([C@H]4C)[C@@]57OO6)nn3)c2oc1=O. The summed E-state index contributed by atoms with van der Waals surface area (Å²) < 4.78 is 32.6.